The molecule has 0 aromatic heterocycles. The number of hydrogen-bond acceptors (Lipinski definition) is 5. The molecule has 0 bridgehead atoms. The summed E-state index contributed by atoms with van der Waals surface area (Å²) < 4.78 is 39.1. The van der Waals surface area contributed by atoms with Gasteiger partial charge in [0.2, 0.25) is 15.9 Å². The van der Waals surface area contributed by atoms with Crippen molar-refractivity contribution in [3.8, 4) is 11.5 Å². The van der Waals surface area contributed by atoms with Crippen LogP contribution in [0.5, 0.6) is 11.5 Å². The van der Waals surface area contributed by atoms with Gasteiger partial charge < -0.3 is 14.8 Å². The van der Waals surface area contributed by atoms with E-state index in [2.05, 4.69) is 26.0 Å². The van der Waals surface area contributed by atoms with Crippen LogP contribution in [0.15, 0.2) is 57.9 Å². The Bertz CT molecular complexity index is 899. The number of halogens is 1. The molecule has 1 atom stereocenters. The number of rotatable bonds is 10. The molecule has 2 N–H and O–H groups in total. The minimum absolute atomic E-state index is 0.0991. The van der Waals surface area contributed by atoms with Crippen molar-refractivity contribution in [3.05, 3.63) is 53.0 Å². The molecule has 0 spiro atoms. The van der Waals surface area contributed by atoms with E-state index >= 15 is 0 Å². The number of amides is 1. The fraction of sp³-hybridized carbons (Fsp3) is 0.350. The third-order valence-corrected chi connectivity index (χ3v) is 6.07. The maximum absolute atomic E-state index is 12.6. The minimum atomic E-state index is -3.82. The number of sulfonamides is 1. The van der Waals surface area contributed by atoms with E-state index in [0.29, 0.717) is 5.75 Å². The first kappa shape index (κ1) is 23.2. The molecule has 1 amide bonds. The number of carbonyl (C=O) groups is 1. The lowest BCUT2D eigenvalue weighted by atomic mass is 10.1. The number of carbonyl (C=O) groups excluding carboxylic acids is 1. The van der Waals surface area contributed by atoms with E-state index in [-0.39, 0.29) is 24.0 Å². The van der Waals surface area contributed by atoms with Gasteiger partial charge in [0.25, 0.3) is 0 Å². The first-order chi connectivity index (χ1) is 13.7. The van der Waals surface area contributed by atoms with E-state index in [9.17, 15) is 13.2 Å². The van der Waals surface area contributed by atoms with Crippen LogP contribution in [0.2, 0.25) is 0 Å². The van der Waals surface area contributed by atoms with Gasteiger partial charge in [-0.25, -0.2) is 8.42 Å². The Hall–Kier alpha value is -2.10. The number of ether oxygens (including phenoxy) is 2. The van der Waals surface area contributed by atoms with Gasteiger partial charge in [-0.15, -0.1) is 0 Å². The molecule has 2 rings (SSSR count). The topological polar surface area (TPSA) is 93.7 Å². The monoisotopic (exact) mass is 484 g/mol. The van der Waals surface area contributed by atoms with Gasteiger partial charge in [-0.1, -0.05) is 29.8 Å². The highest BCUT2D eigenvalue weighted by Crippen LogP contribution is 2.17. The number of benzene rings is 2. The largest absolute Gasteiger partial charge is 0.497 e. The Balaban J connectivity index is 1.90. The molecule has 0 aliphatic carbocycles. The molecule has 2 aromatic rings. The first-order valence-corrected chi connectivity index (χ1v) is 11.3. The lowest BCUT2D eigenvalue weighted by Crippen LogP contribution is -2.50. The molecule has 0 aliphatic heterocycles. The minimum Gasteiger partial charge on any atom is -0.497 e. The Morgan fingerprint density at radius 2 is 1.62 bits per heavy atom. The van der Waals surface area contributed by atoms with Crippen molar-refractivity contribution in [2.75, 3.05) is 20.3 Å². The summed E-state index contributed by atoms with van der Waals surface area (Å²) in [5, 5.41) is 2.72. The predicted octanol–water partition coefficient (Wildman–Crippen LogP) is 2.96. The van der Waals surface area contributed by atoms with Crippen LogP contribution in [0.4, 0.5) is 0 Å². The summed E-state index contributed by atoms with van der Waals surface area (Å²) in [5.74, 6) is 0.738. The van der Waals surface area contributed by atoms with Crippen LogP contribution in [0.1, 0.15) is 13.8 Å². The second-order valence-corrected chi connectivity index (χ2v) is 9.24. The molecule has 0 saturated heterocycles. The van der Waals surface area contributed by atoms with Crippen LogP contribution in [0.3, 0.4) is 0 Å². The molecule has 0 aliphatic rings. The average molecular weight is 485 g/mol. The summed E-state index contributed by atoms with van der Waals surface area (Å²) in [6, 6.07) is 12.4. The summed E-state index contributed by atoms with van der Waals surface area (Å²) in [6.07, 6.45) is 0. The molecular weight excluding hydrogens is 460 g/mol. The average Bonchev–Trinajstić information content (AvgIpc) is 2.70. The zero-order valence-corrected chi connectivity index (χ0v) is 18.9. The van der Waals surface area contributed by atoms with Crippen LogP contribution < -0.4 is 19.5 Å². The van der Waals surface area contributed by atoms with E-state index in [4.69, 9.17) is 9.47 Å². The summed E-state index contributed by atoms with van der Waals surface area (Å²) in [7, 11) is -2.24. The summed E-state index contributed by atoms with van der Waals surface area (Å²) in [6.45, 7) is 4.06. The third kappa shape index (κ3) is 7.02. The first-order valence-electron chi connectivity index (χ1n) is 9.05. The fourth-order valence-electron chi connectivity index (χ4n) is 2.47. The van der Waals surface area contributed by atoms with Gasteiger partial charge >= 0.3 is 0 Å². The molecule has 9 heteroatoms. The summed E-state index contributed by atoms with van der Waals surface area (Å²) in [4.78, 5) is 12.6. The fourth-order valence-corrected chi connectivity index (χ4v) is 4.07. The van der Waals surface area contributed by atoms with Crippen LogP contribution in [0.25, 0.3) is 0 Å². The standard InChI is InChI=1S/C20H25BrN2O5S/c1-14(2)19(23-29(25,26)18-10-4-15(21)5-11-18)20(24)22-12-13-28-17-8-6-16(27-3)7-9-17/h4-11,14,19,23H,12-13H2,1-3H3,(H,22,24)/t19-/m0/s1. The maximum Gasteiger partial charge on any atom is 0.241 e. The Labute approximate surface area is 180 Å². The Kier molecular flexibility index (Phi) is 8.48. The predicted molar refractivity (Wildman–Crippen MR) is 115 cm³/mol. The zero-order valence-electron chi connectivity index (χ0n) is 16.5. The molecule has 0 radical (unpaired) electrons. The quantitative estimate of drug-likeness (QED) is 0.505. The van der Waals surface area contributed by atoms with Gasteiger partial charge in [-0.05, 0) is 54.4 Å². The normalized spacial score (nSPS) is 12.4. The Morgan fingerprint density at radius 3 is 2.17 bits per heavy atom. The van der Waals surface area contributed by atoms with Crippen molar-refractivity contribution in [2.45, 2.75) is 24.8 Å². The number of nitrogens with one attached hydrogen (secondary N) is 2. The smallest absolute Gasteiger partial charge is 0.241 e. The van der Waals surface area contributed by atoms with Gasteiger partial charge in [-0.3, -0.25) is 4.79 Å². The summed E-state index contributed by atoms with van der Waals surface area (Å²) >= 11 is 3.27. The second kappa shape index (κ2) is 10.6. The van der Waals surface area contributed by atoms with E-state index < -0.39 is 22.0 Å². The SMILES string of the molecule is COc1ccc(OCCNC(=O)[C@@H](NS(=O)(=O)c2ccc(Br)cc2)C(C)C)cc1. The van der Waals surface area contributed by atoms with Gasteiger partial charge in [0.05, 0.1) is 18.6 Å². The van der Waals surface area contributed by atoms with Gasteiger partial charge in [0.15, 0.2) is 0 Å². The molecule has 158 valence electrons. The Morgan fingerprint density at radius 1 is 1.03 bits per heavy atom. The third-order valence-electron chi connectivity index (χ3n) is 4.08. The molecular formula is C20H25BrN2O5S. The molecule has 0 saturated carbocycles. The summed E-state index contributed by atoms with van der Waals surface area (Å²) in [5.41, 5.74) is 0. The van der Waals surface area contributed by atoms with Crippen molar-refractivity contribution >= 4 is 31.9 Å². The van der Waals surface area contributed by atoms with Gasteiger partial charge in [0, 0.05) is 4.47 Å². The van der Waals surface area contributed by atoms with Crippen molar-refractivity contribution in [1.29, 1.82) is 0 Å². The number of hydrogen-bond donors (Lipinski definition) is 2. The van der Waals surface area contributed by atoms with E-state index in [1.165, 1.54) is 12.1 Å². The van der Waals surface area contributed by atoms with E-state index in [1.807, 2.05) is 0 Å². The zero-order chi connectivity index (χ0) is 21.4. The highest BCUT2D eigenvalue weighted by Gasteiger charge is 2.28. The van der Waals surface area contributed by atoms with Crippen molar-refractivity contribution < 1.29 is 22.7 Å². The van der Waals surface area contributed by atoms with Crippen molar-refractivity contribution in [1.82, 2.24) is 10.0 Å². The molecule has 0 heterocycles. The van der Waals surface area contributed by atoms with Crippen LogP contribution in [-0.4, -0.2) is 40.6 Å². The van der Waals surface area contributed by atoms with Crippen LogP contribution in [-0.2, 0) is 14.8 Å². The highest BCUT2D eigenvalue weighted by atomic mass is 79.9. The van der Waals surface area contributed by atoms with Crippen LogP contribution >= 0.6 is 15.9 Å². The molecule has 2 aromatic carbocycles. The second-order valence-electron chi connectivity index (χ2n) is 6.61. The van der Waals surface area contributed by atoms with Gasteiger partial charge in [0.1, 0.15) is 24.1 Å². The lowest BCUT2D eigenvalue weighted by Gasteiger charge is -2.21. The van der Waals surface area contributed by atoms with Crippen molar-refractivity contribution in [2.24, 2.45) is 5.92 Å². The van der Waals surface area contributed by atoms with Gasteiger partial charge in [-0.2, -0.15) is 4.72 Å². The maximum atomic E-state index is 12.6. The molecule has 0 fully saturated rings. The molecule has 29 heavy (non-hydrogen) atoms. The van der Waals surface area contributed by atoms with E-state index in [1.54, 1.807) is 57.4 Å². The lowest BCUT2D eigenvalue weighted by molar-refractivity contribution is -0.123. The highest BCUT2D eigenvalue weighted by molar-refractivity contribution is 9.10. The van der Waals surface area contributed by atoms with Crippen LogP contribution in [0, 0.1) is 5.92 Å². The van der Waals surface area contributed by atoms with E-state index in [0.717, 1.165) is 10.2 Å². The molecule has 7 nitrogen and oxygen atoms in total. The van der Waals surface area contributed by atoms with Crippen molar-refractivity contribution in [3.63, 3.8) is 0 Å². The number of methoxy groups -OCH3 is 1. The molecule has 0 unspecified atom stereocenters.